The molecule has 0 saturated carbocycles. The Kier molecular flexibility index (Phi) is 6.18. The molecular formula is C14H16ClNO4. The van der Waals surface area contributed by atoms with Gasteiger partial charge in [0.05, 0.1) is 5.92 Å². The van der Waals surface area contributed by atoms with Gasteiger partial charge in [-0.25, -0.2) is 0 Å². The van der Waals surface area contributed by atoms with Gasteiger partial charge in [-0.15, -0.1) is 0 Å². The molecule has 20 heavy (non-hydrogen) atoms. The molecule has 0 radical (unpaired) electrons. The smallest absolute Gasteiger partial charge is 0.303 e. The number of piperidine rings is 1. The van der Waals surface area contributed by atoms with Crippen molar-refractivity contribution >= 4 is 29.4 Å². The summed E-state index contributed by atoms with van der Waals surface area (Å²) >= 11 is 5.76. The monoisotopic (exact) mass is 297 g/mol. The Balaban J connectivity index is 0.000000347. The number of halogens is 1. The van der Waals surface area contributed by atoms with Gasteiger partial charge < -0.3 is 5.11 Å². The van der Waals surface area contributed by atoms with E-state index >= 15 is 0 Å². The maximum Gasteiger partial charge on any atom is 0.303 e. The molecule has 1 aromatic carbocycles. The van der Waals surface area contributed by atoms with E-state index in [1.165, 1.54) is 0 Å². The SMILES string of the molecule is CCC(=O)O.O=C1CCC(c2ccc(Cl)cc2)C(=O)N1. The zero-order valence-electron chi connectivity index (χ0n) is 11.1. The molecule has 0 aromatic heterocycles. The lowest BCUT2D eigenvalue weighted by Gasteiger charge is -2.20. The number of hydrogen-bond acceptors (Lipinski definition) is 3. The third-order valence-electron chi connectivity index (χ3n) is 2.81. The van der Waals surface area contributed by atoms with Gasteiger partial charge in [-0.1, -0.05) is 30.7 Å². The van der Waals surface area contributed by atoms with Crippen molar-refractivity contribution in [1.29, 1.82) is 0 Å². The maximum absolute atomic E-state index is 11.5. The summed E-state index contributed by atoms with van der Waals surface area (Å²) in [5, 5.41) is 10.7. The summed E-state index contributed by atoms with van der Waals surface area (Å²) in [4.78, 5) is 31.8. The summed E-state index contributed by atoms with van der Waals surface area (Å²) in [6, 6.07) is 7.14. The van der Waals surface area contributed by atoms with Gasteiger partial charge in [0.15, 0.2) is 0 Å². The summed E-state index contributed by atoms with van der Waals surface area (Å²) < 4.78 is 0. The number of aliphatic carboxylic acids is 1. The van der Waals surface area contributed by atoms with Crippen molar-refractivity contribution in [1.82, 2.24) is 5.32 Å². The second-order valence-electron chi connectivity index (χ2n) is 4.30. The van der Waals surface area contributed by atoms with Crippen molar-refractivity contribution in [2.75, 3.05) is 0 Å². The lowest BCUT2D eigenvalue weighted by Crippen LogP contribution is -2.39. The average Bonchev–Trinajstić information content (AvgIpc) is 2.41. The normalized spacial score (nSPS) is 17.8. The van der Waals surface area contributed by atoms with Crippen LogP contribution >= 0.6 is 11.6 Å². The molecule has 6 heteroatoms. The van der Waals surface area contributed by atoms with Gasteiger partial charge >= 0.3 is 5.97 Å². The molecule has 1 saturated heterocycles. The van der Waals surface area contributed by atoms with E-state index < -0.39 is 5.97 Å². The molecule has 5 nitrogen and oxygen atoms in total. The second-order valence-corrected chi connectivity index (χ2v) is 4.74. The lowest BCUT2D eigenvalue weighted by atomic mass is 9.91. The summed E-state index contributed by atoms with van der Waals surface area (Å²) in [6.45, 7) is 1.60. The Morgan fingerprint density at radius 1 is 1.35 bits per heavy atom. The summed E-state index contributed by atoms with van der Waals surface area (Å²) in [5.74, 6) is -1.37. The van der Waals surface area contributed by atoms with Gasteiger partial charge in [0.1, 0.15) is 0 Å². The van der Waals surface area contributed by atoms with Crippen LogP contribution in [0.1, 0.15) is 37.7 Å². The highest BCUT2D eigenvalue weighted by atomic mass is 35.5. The van der Waals surface area contributed by atoms with Gasteiger partial charge in [-0.3, -0.25) is 19.7 Å². The molecule has 2 amide bonds. The Labute approximate surface area is 121 Å². The molecule has 1 unspecified atom stereocenters. The Bertz CT molecular complexity index is 498. The number of hydrogen-bond donors (Lipinski definition) is 2. The molecule has 1 aliphatic rings. The largest absolute Gasteiger partial charge is 0.481 e. The van der Waals surface area contributed by atoms with Crippen LogP contribution in [0.15, 0.2) is 24.3 Å². The zero-order valence-corrected chi connectivity index (χ0v) is 11.8. The topological polar surface area (TPSA) is 83.5 Å². The predicted molar refractivity (Wildman–Crippen MR) is 74.5 cm³/mol. The maximum atomic E-state index is 11.5. The van der Waals surface area contributed by atoms with E-state index in [1.807, 2.05) is 12.1 Å². The number of rotatable bonds is 2. The molecule has 0 spiro atoms. The standard InChI is InChI=1S/C11H10ClNO2.C3H6O2/c12-8-3-1-7(2-4-8)9-5-6-10(14)13-11(9)15;1-2-3(4)5/h1-4,9H,5-6H2,(H,13,14,15);2H2,1H3,(H,4,5). The van der Waals surface area contributed by atoms with Crippen LogP contribution in [-0.2, 0) is 14.4 Å². The highest BCUT2D eigenvalue weighted by Gasteiger charge is 2.27. The van der Waals surface area contributed by atoms with Crippen LogP contribution in [0.4, 0.5) is 0 Å². The number of imide groups is 1. The van der Waals surface area contributed by atoms with Gasteiger partial charge in [0.25, 0.3) is 0 Å². The summed E-state index contributed by atoms with van der Waals surface area (Å²) in [7, 11) is 0. The van der Waals surface area contributed by atoms with Crippen molar-refractivity contribution in [3.63, 3.8) is 0 Å². The number of carboxylic acids is 1. The Hall–Kier alpha value is -1.88. The minimum atomic E-state index is -0.745. The first-order chi connectivity index (χ1) is 9.43. The average molecular weight is 298 g/mol. The van der Waals surface area contributed by atoms with E-state index in [0.717, 1.165) is 5.56 Å². The van der Waals surface area contributed by atoms with E-state index in [-0.39, 0.29) is 24.2 Å². The van der Waals surface area contributed by atoms with E-state index in [0.29, 0.717) is 17.9 Å². The highest BCUT2D eigenvalue weighted by Crippen LogP contribution is 2.25. The molecule has 1 aromatic rings. The van der Waals surface area contributed by atoms with E-state index in [1.54, 1.807) is 19.1 Å². The predicted octanol–water partition coefficient (Wildman–Crippen LogP) is 2.34. The van der Waals surface area contributed by atoms with Crippen LogP contribution in [0, 0.1) is 0 Å². The molecular weight excluding hydrogens is 282 g/mol. The van der Waals surface area contributed by atoms with Crippen LogP contribution in [0.3, 0.4) is 0 Å². The number of nitrogens with one attached hydrogen (secondary N) is 1. The number of carboxylic acid groups (broad SMARTS) is 1. The molecule has 108 valence electrons. The lowest BCUT2D eigenvalue weighted by molar-refractivity contribution is -0.137. The van der Waals surface area contributed by atoms with Gasteiger partial charge in [-0.05, 0) is 24.1 Å². The van der Waals surface area contributed by atoms with Crippen molar-refractivity contribution in [2.45, 2.75) is 32.1 Å². The Morgan fingerprint density at radius 3 is 2.35 bits per heavy atom. The van der Waals surface area contributed by atoms with Gasteiger partial charge in [0, 0.05) is 17.9 Å². The number of benzene rings is 1. The van der Waals surface area contributed by atoms with Crippen molar-refractivity contribution in [2.24, 2.45) is 0 Å². The molecule has 0 aliphatic carbocycles. The minimum absolute atomic E-state index is 0.190. The quantitative estimate of drug-likeness (QED) is 0.821. The molecule has 1 atom stereocenters. The van der Waals surface area contributed by atoms with Crippen LogP contribution < -0.4 is 5.32 Å². The van der Waals surface area contributed by atoms with E-state index in [9.17, 15) is 14.4 Å². The van der Waals surface area contributed by atoms with Crippen LogP contribution in [0.25, 0.3) is 0 Å². The van der Waals surface area contributed by atoms with Crippen LogP contribution in [-0.4, -0.2) is 22.9 Å². The third kappa shape index (κ3) is 5.01. The molecule has 2 rings (SSSR count). The molecule has 0 bridgehead atoms. The molecule has 1 heterocycles. The molecule has 2 N–H and O–H groups in total. The zero-order chi connectivity index (χ0) is 15.1. The van der Waals surface area contributed by atoms with Crippen LogP contribution in [0.5, 0.6) is 0 Å². The number of carbonyl (C=O) groups is 3. The first-order valence-corrected chi connectivity index (χ1v) is 6.62. The summed E-state index contributed by atoms with van der Waals surface area (Å²) in [5.41, 5.74) is 0.907. The van der Waals surface area contributed by atoms with E-state index in [4.69, 9.17) is 16.7 Å². The van der Waals surface area contributed by atoms with E-state index in [2.05, 4.69) is 5.32 Å². The third-order valence-corrected chi connectivity index (χ3v) is 3.07. The summed E-state index contributed by atoms with van der Waals surface area (Å²) in [6.07, 6.45) is 1.20. The first kappa shape index (κ1) is 16.2. The fraction of sp³-hybridized carbons (Fsp3) is 0.357. The fourth-order valence-electron chi connectivity index (χ4n) is 1.71. The minimum Gasteiger partial charge on any atom is -0.481 e. The van der Waals surface area contributed by atoms with Crippen molar-refractivity contribution in [3.05, 3.63) is 34.9 Å². The van der Waals surface area contributed by atoms with Crippen molar-refractivity contribution in [3.8, 4) is 0 Å². The first-order valence-electron chi connectivity index (χ1n) is 6.25. The molecule has 1 aliphatic heterocycles. The molecule has 1 fully saturated rings. The fourth-order valence-corrected chi connectivity index (χ4v) is 1.83. The van der Waals surface area contributed by atoms with Gasteiger partial charge in [0.2, 0.25) is 11.8 Å². The Morgan fingerprint density at radius 2 is 1.90 bits per heavy atom. The van der Waals surface area contributed by atoms with Gasteiger partial charge in [-0.2, -0.15) is 0 Å². The second kappa shape index (κ2) is 7.65. The van der Waals surface area contributed by atoms with Crippen LogP contribution in [0.2, 0.25) is 5.02 Å². The van der Waals surface area contributed by atoms with Crippen molar-refractivity contribution < 1.29 is 19.5 Å². The highest BCUT2D eigenvalue weighted by molar-refractivity contribution is 6.30. The number of carbonyl (C=O) groups excluding carboxylic acids is 2. The number of amides is 2.